The highest BCUT2D eigenvalue weighted by atomic mass is 32.2. The summed E-state index contributed by atoms with van der Waals surface area (Å²) in [5, 5.41) is 10.0. The Morgan fingerprint density at radius 1 is 1.24 bits per heavy atom. The van der Waals surface area contributed by atoms with Crippen LogP contribution in [0.5, 0.6) is 0 Å². The first-order valence-corrected chi connectivity index (χ1v) is 8.47. The maximum atomic E-state index is 11.6. The van der Waals surface area contributed by atoms with Gasteiger partial charge in [0.15, 0.2) is 5.16 Å². The van der Waals surface area contributed by atoms with Crippen molar-refractivity contribution in [1.29, 1.82) is 0 Å². The molecule has 1 amide bonds. The monoisotopic (exact) mass is 311 g/mol. The van der Waals surface area contributed by atoms with E-state index in [9.17, 15) is 4.79 Å². The second-order valence-electron chi connectivity index (χ2n) is 4.95. The number of thioether (sulfide) groups is 1. The molecule has 0 radical (unpaired) electrons. The van der Waals surface area contributed by atoms with Crippen LogP contribution in [0.15, 0.2) is 11.2 Å². The number of nitrogens with zero attached hydrogens (tertiary/aromatic N) is 2. The zero-order valence-electron chi connectivity index (χ0n) is 13.2. The summed E-state index contributed by atoms with van der Waals surface area (Å²) in [6.07, 6.45) is 3.41. The number of hydrogen-bond acceptors (Lipinski definition) is 6. The van der Waals surface area contributed by atoms with Crippen molar-refractivity contribution < 1.29 is 4.79 Å². The van der Waals surface area contributed by atoms with E-state index in [-0.39, 0.29) is 11.9 Å². The second-order valence-corrected chi connectivity index (χ2v) is 5.72. The highest BCUT2D eigenvalue weighted by Gasteiger charge is 2.06. The normalized spacial score (nSPS) is 10.5. The minimum Gasteiger partial charge on any atom is -0.370 e. The molecule has 0 aromatic carbocycles. The number of amides is 1. The maximum absolute atomic E-state index is 11.6. The predicted octanol–water partition coefficient (Wildman–Crippen LogP) is 2.35. The first-order valence-electron chi connectivity index (χ1n) is 7.25. The number of hydrogen-bond donors (Lipinski definition) is 3. The number of aromatic nitrogens is 2. The average molecular weight is 311 g/mol. The van der Waals surface area contributed by atoms with Gasteiger partial charge in [0.05, 0.1) is 0 Å². The molecule has 0 saturated carbocycles. The Bertz CT molecular complexity index is 453. The number of rotatable bonds is 9. The lowest BCUT2D eigenvalue weighted by molar-refractivity contribution is -0.121. The van der Waals surface area contributed by atoms with E-state index < -0.39 is 0 Å². The first kappa shape index (κ1) is 17.6. The Balaban J connectivity index is 2.55. The summed E-state index contributed by atoms with van der Waals surface area (Å²) in [6, 6.07) is 2.04. The molecule has 0 saturated heterocycles. The van der Waals surface area contributed by atoms with Gasteiger partial charge < -0.3 is 16.0 Å². The highest BCUT2D eigenvalue weighted by molar-refractivity contribution is 7.98. The lowest BCUT2D eigenvalue weighted by Crippen LogP contribution is -2.31. The smallest absolute Gasteiger partial charge is 0.221 e. The summed E-state index contributed by atoms with van der Waals surface area (Å²) < 4.78 is 0. The molecule has 0 bridgehead atoms. The molecular formula is C14H25N5OS. The molecular weight excluding hydrogens is 286 g/mol. The average Bonchev–Trinajstić information content (AvgIpc) is 2.44. The maximum Gasteiger partial charge on any atom is 0.221 e. The first-order chi connectivity index (χ1) is 10.0. The number of nitrogens with one attached hydrogen (secondary N) is 3. The molecule has 1 rings (SSSR count). The van der Waals surface area contributed by atoms with E-state index in [1.807, 2.05) is 26.2 Å². The van der Waals surface area contributed by atoms with Crippen LogP contribution in [0.3, 0.4) is 0 Å². The third kappa shape index (κ3) is 7.17. The van der Waals surface area contributed by atoms with Crippen LogP contribution in [0.4, 0.5) is 11.6 Å². The van der Waals surface area contributed by atoms with E-state index in [0.29, 0.717) is 18.1 Å². The summed E-state index contributed by atoms with van der Waals surface area (Å²) in [4.78, 5) is 20.4. The van der Waals surface area contributed by atoms with Crippen molar-refractivity contribution in [2.45, 2.75) is 44.8 Å². The Morgan fingerprint density at radius 3 is 2.38 bits per heavy atom. The van der Waals surface area contributed by atoms with Gasteiger partial charge in [0.1, 0.15) is 11.6 Å². The number of carbonyl (C=O) groups excluding carboxylic acids is 1. The van der Waals surface area contributed by atoms with Crippen molar-refractivity contribution in [1.82, 2.24) is 15.3 Å². The molecule has 0 unspecified atom stereocenters. The minimum atomic E-state index is 0.0426. The summed E-state index contributed by atoms with van der Waals surface area (Å²) in [5.74, 6) is 1.59. The largest absolute Gasteiger partial charge is 0.370 e. The fraction of sp³-hybridized carbons (Fsp3) is 0.643. The van der Waals surface area contributed by atoms with Crippen LogP contribution in [-0.2, 0) is 4.79 Å². The van der Waals surface area contributed by atoms with Gasteiger partial charge in [0.25, 0.3) is 0 Å². The molecule has 3 N–H and O–H groups in total. The van der Waals surface area contributed by atoms with Crippen molar-refractivity contribution in [3.8, 4) is 0 Å². The highest BCUT2D eigenvalue weighted by Crippen LogP contribution is 2.17. The predicted molar refractivity (Wildman–Crippen MR) is 89.0 cm³/mol. The molecule has 0 aliphatic carbocycles. The Morgan fingerprint density at radius 2 is 1.86 bits per heavy atom. The van der Waals surface area contributed by atoms with E-state index in [2.05, 4.69) is 32.8 Å². The zero-order chi connectivity index (χ0) is 15.7. The van der Waals surface area contributed by atoms with Crippen LogP contribution in [-0.4, -0.2) is 41.3 Å². The molecule has 0 spiro atoms. The van der Waals surface area contributed by atoms with Crippen LogP contribution in [0.1, 0.15) is 33.6 Å². The molecule has 1 aromatic rings. The Labute approximate surface area is 130 Å². The van der Waals surface area contributed by atoms with Gasteiger partial charge in [0, 0.05) is 31.6 Å². The fourth-order valence-electron chi connectivity index (χ4n) is 1.65. The van der Waals surface area contributed by atoms with Gasteiger partial charge in [-0.2, -0.15) is 0 Å². The zero-order valence-corrected chi connectivity index (χ0v) is 14.0. The van der Waals surface area contributed by atoms with Crippen molar-refractivity contribution in [2.75, 3.05) is 30.0 Å². The summed E-state index contributed by atoms with van der Waals surface area (Å²) in [7, 11) is 0. The van der Waals surface area contributed by atoms with Crippen LogP contribution >= 0.6 is 11.8 Å². The van der Waals surface area contributed by atoms with Gasteiger partial charge in [-0.3, -0.25) is 4.79 Å². The van der Waals surface area contributed by atoms with E-state index in [4.69, 9.17) is 0 Å². The lowest BCUT2D eigenvalue weighted by Gasteiger charge is -2.11. The number of carbonyl (C=O) groups is 1. The SMILES string of the molecule is CCCNc1cc(NCCC(=O)NC(C)C)nc(SC)n1. The topological polar surface area (TPSA) is 78.9 Å². The molecule has 1 heterocycles. The van der Waals surface area contributed by atoms with Crippen LogP contribution in [0, 0.1) is 0 Å². The van der Waals surface area contributed by atoms with Crippen molar-refractivity contribution >= 4 is 29.3 Å². The van der Waals surface area contributed by atoms with Crippen LogP contribution in [0.25, 0.3) is 0 Å². The van der Waals surface area contributed by atoms with Crippen molar-refractivity contribution in [3.05, 3.63) is 6.07 Å². The van der Waals surface area contributed by atoms with Crippen LogP contribution < -0.4 is 16.0 Å². The number of anilines is 2. The van der Waals surface area contributed by atoms with Gasteiger partial charge >= 0.3 is 0 Å². The fourth-order valence-corrected chi connectivity index (χ4v) is 2.03. The van der Waals surface area contributed by atoms with Crippen LogP contribution in [0.2, 0.25) is 0 Å². The van der Waals surface area contributed by atoms with E-state index in [0.717, 1.165) is 24.6 Å². The van der Waals surface area contributed by atoms with E-state index in [1.54, 1.807) is 0 Å². The molecule has 6 nitrogen and oxygen atoms in total. The van der Waals surface area contributed by atoms with E-state index >= 15 is 0 Å². The second kappa shape index (κ2) is 9.44. The van der Waals surface area contributed by atoms with E-state index in [1.165, 1.54) is 11.8 Å². The van der Waals surface area contributed by atoms with Gasteiger partial charge in [-0.05, 0) is 26.5 Å². The molecule has 118 valence electrons. The molecule has 0 atom stereocenters. The minimum absolute atomic E-state index is 0.0426. The summed E-state index contributed by atoms with van der Waals surface area (Å²) >= 11 is 1.50. The molecule has 21 heavy (non-hydrogen) atoms. The van der Waals surface area contributed by atoms with Gasteiger partial charge in [-0.15, -0.1) is 0 Å². The standard InChI is InChI=1S/C14H25N5OS/c1-5-7-15-11-9-12(19-14(18-11)21-4)16-8-6-13(20)17-10(2)3/h9-10H,5-8H2,1-4H3,(H,17,20)(H2,15,16,18,19). The third-order valence-electron chi connectivity index (χ3n) is 2.55. The molecule has 0 aliphatic rings. The lowest BCUT2D eigenvalue weighted by atomic mass is 10.3. The van der Waals surface area contributed by atoms with Gasteiger partial charge in [0.2, 0.25) is 5.91 Å². The quantitative estimate of drug-likeness (QED) is 0.480. The molecule has 0 fully saturated rings. The van der Waals surface area contributed by atoms with Gasteiger partial charge in [-0.1, -0.05) is 18.7 Å². The Hall–Kier alpha value is -1.50. The molecule has 7 heteroatoms. The molecule has 0 aliphatic heterocycles. The van der Waals surface area contributed by atoms with Gasteiger partial charge in [-0.25, -0.2) is 9.97 Å². The summed E-state index contributed by atoms with van der Waals surface area (Å²) in [5.41, 5.74) is 0. The van der Waals surface area contributed by atoms with Crippen molar-refractivity contribution in [3.63, 3.8) is 0 Å². The summed E-state index contributed by atoms with van der Waals surface area (Å²) in [6.45, 7) is 7.44. The van der Waals surface area contributed by atoms with Crippen molar-refractivity contribution in [2.24, 2.45) is 0 Å². The Kier molecular flexibility index (Phi) is 7.89. The third-order valence-corrected chi connectivity index (χ3v) is 3.10. The molecule has 1 aromatic heterocycles.